The third-order valence-electron chi connectivity index (χ3n) is 1.42. The Morgan fingerprint density at radius 2 is 1.36 bits per heavy atom. The van der Waals surface area contributed by atoms with Crippen molar-refractivity contribution in [3.63, 3.8) is 0 Å². The molecular formula is C10H12FeN2Si-6. The van der Waals surface area contributed by atoms with Crippen LogP contribution >= 0.6 is 0 Å². The van der Waals surface area contributed by atoms with Crippen LogP contribution in [0.1, 0.15) is 0 Å². The van der Waals surface area contributed by atoms with Gasteiger partial charge in [-0.15, -0.1) is 0 Å². The van der Waals surface area contributed by atoms with Gasteiger partial charge in [0.05, 0.1) is 0 Å². The van der Waals surface area contributed by atoms with Crippen molar-refractivity contribution in [3.8, 4) is 0 Å². The summed E-state index contributed by atoms with van der Waals surface area (Å²) in [4.78, 5) is 0. The first kappa shape index (κ1) is 13.0. The summed E-state index contributed by atoms with van der Waals surface area (Å²) in [5.41, 5.74) is 0.958. The normalized spacial score (nSPS) is 9.14. The van der Waals surface area contributed by atoms with Crippen LogP contribution in [0.25, 0.3) is 0 Å². The van der Waals surface area contributed by atoms with E-state index in [1.54, 1.807) is 0 Å². The van der Waals surface area contributed by atoms with E-state index in [0.717, 1.165) is 16.1 Å². The molecule has 2 aromatic carbocycles. The van der Waals surface area contributed by atoms with Crippen LogP contribution in [0.3, 0.4) is 0 Å². The fourth-order valence-corrected chi connectivity index (χ4v) is 1.10. The first-order valence-corrected chi connectivity index (χ1v) is 5.01. The van der Waals surface area contributed by atoms with E-state index in [9.17, 15) is 0 Å². The quantitative estimate of drug-likeness (QED) is 0.417. The summed E-state index contributed by atoms with van der Waals surface area (Å²) in [5.74, 6) is 0. The summed E-state index contributed by atoms with van der Waals surface area (Å²) >= 11 is 0. The minimum atomic E-state index is 0. The Morgan fingerprint density at radius 1 is 0.929 bits per heavy atom. The Morgan fingerprint density at radius 3 is 1.71 bits per heavy atom. The fourth-order valence-electron chi connectivity index (χ4n) is 0.867. The van der Waals surface area contributed by atoms with Crippen LogP contribution in [0.15, 0.2) is 64.5 Å². The first-order valence-electron chi connectivity index (χ1n) is 4.11. The molecule has 0 aliphatic heterocycles. The molecule has 0 aromatic heterocycles. The van der Waals surface area contributed by atoms with Crippen LogP contribution in [0, 0.1) is 0 Å². The van der Waals surface area contributed by atoms with Crippen molar-refractivity contribution in [1.29, 1.82) is 0 Å². The standard InChI is InChI=1S/C5H7N2Si.C5H5.Fe/c8-7-6-5-3-1-2-4-5;1-2-4-5-3-1;/h1-4H,8H3;1-5H;/q-1;-5;. The van der Waals surface area contributed by atoms with Crippen molar-refractivity contribution < 1.29 is 17.1 Å². The zero-order valence-electron chi connectivity index (χ0n) is 7.94. The number of hydrogen-bond acceptors (Lipinski definition) is 2. The maximum atomic E-state index is 3.85. The average Bonchev–Trinajstić information content (AvgIpc) is 2.79. The summed E-state index contributed by atoms with van der Waals surface area (Å²) in [5, 5.41) is 3.85. The molecule has 2 rings (SSSR count). The molecule has 0 aliphatic carbocycles. The van der Waals surface area contributed by atoms with Crippen LogP contribution in [-0.2, 0) is 17.1 Å². The van der Waals surface area contributed by atoms with Gasteiger partial charge < -0.3 is 30.3 Å². The number of nitrogens with zero attached hydrogens (tertiary/aromatic N) is 2. The van der Waals surface area contributed by atoms with Crippen molar-refractivity contribution in [2.24, 2.45) is 9.89 Å². The van der Waals surface area contributed by atoms with Crippen LogP contribution < -0.4 is 0 Å². The molecule has 0 atom stereocenters. The van der Waals surface area contributed by atoms with E-state index in [0.29, 0.717) is 0 Å². The van der Waals surface area contributed by atoms with Gasteiger partial charge in [-0.05, 0) is 5.69 Å². The van der Waals surface area contributed by atoms with Crippen LogP contribution in [-0.4, -0.2) is 10.4 Å². The van der Waals surface area contributed by atoms with E-state index in [4.69, 9.17) is 0 Å². The first-order chi connectivity index (χ1) is 6.43. The molecule has 0 heterocycles. The molecule has 0 amide bonds. The van der Waals surface area contributed by atoms with Crippen molar-refractivity contribution >= 4 is 16.1 Å². The van der Waals surface area contributed by atoms with Crippen molar-refractivity contribution in [3.05, 3.63) is 54.6 Å². The molecule has 2 nitrogen and oxygen atoms in total. The maximum Gasteiger partial charge on any atom is 0.161 e. The third kappa shape index (κ3) is 5.64. The van der Waals surface area contributed by atoms with Gasteiger partial charge in [0.2, 0.25) is 0 Å². The molecule has 0 saturated carbocycles. The molecule has 0 radical (unpaired) electrons. The summed E-state index contributed by atoms with van der Waals surface area (Å²) in [6, 6.07) is 17.8. The molecule has 0 saturated heterocycles. The smallest absolute Gasteiger partial charge is 0.161 e. The van der Waals surface area contributed by atoms with Gasteiger partial charge in [-0.1, -0.05) is 0 Å². The molecule has 0 aliphatic rings. The van der Waals surface area contributed by atoms with Gasteiger partial charge in [0, 0.05) is 17.1 Å². The van der Waals surface area contributed by atoms with Gasteiger partial charge in [-0.3, -0.25) is 4.78 Å². The van der Waals surface area contributed by atoms with E-state index < -0.39 is 0 Å². The molecule has 0 N–H and O–H groups in total. The van der Waals surface area contributed by atoms with E-state index in [-0.39, 0.29) is 17.1 Å². The maximum absolute atomic E-state index is 3.85. The van der Waals surface area contributed by atoms with Gasteiger partial charge in [0.1, 0.15) is 0 Å². The van der Waals surface area contributed by atoms with Gasteiger partial charge >= 0.3 is 0 Å². The summed E-state index contributed by atoms with van der Waals surface area (Å²) in [6.45, 7) is 0. The number of rotatable bonds is 1. The molecule has 0 spiro atoms. The third-order valence-corrected chi connectivity index (χ3v) is 1.62. The summed E-state index contributed by atoms with van der Waals surface area (Å²) < 4.78 is 3.74. The van der Waals surface area contributed by atoms with Gasteiger partial charge in [0.15, 0.2) is 10.4 Å². The average molecular weight is 244 g/mol. The largest absolute Gasteiger partial charge is 0.748 e. The van der Waals surface area contributed by atoms with Crippen molar-refractivity contribution in [1.82, 2.24) is 0 Å². The van der Waals surface area contributed by atoms with Gasteiger partial charge in [-0.2, -0.15) is 12.1 Å². The Balaban J connectivity index is 0.000000246. The number of hydrogen-bond donors (Lipinski definition) is 0. The zero-order valence-corrected chi connectivity index (χ0v) is 11.0. The van der Waals surface area contributed by atoms with Crippen molar-refractivity contribution in [2.45, 2.75) is 0 Å². The van der Waals surface area contributed by atoms with Crippen LogP contribution in [0.5, 0.6) is 0 Å². The molecule has 4 heteroatoms. The van der Waals surface area contributed by atoms with E-state index >= 15 is 0 Å². The summed E-state index contributed by atoms with van der Waals surface area (Å²) in [7, 11) is 0.794. The molecule has 0 unspecified atom stereocenters. The van der Waals surface area contributed by atoms with E-state index in [2.05, 4.69) is 9.89 Å². The van der Waals surface area contributed by atoms with Crippen LogP contribution in [0.4, 0.5) is 5.69 Å². The molecular weight excluding hydrogens is 232 g/mol. The minimum Gasteiger partial charge on any atom is -0.748 e. The molecule has 0 bridgehead atoms. The minimum absolute atomic E-state index is 0. The van der Waals surface area contributed by atoms with Gasteiger partial charge in [-0.25, -0.2) is 17.2 Å². The SMILES string of the molecule is [Fe].[SiH3]N=N[c-]1cccc1.[cH-]1[cH-][cH-][cH-][cH-]1. The fraction of sp³-hybridized carbons (Fsp3) is 0. The van der Waals surface area contributed by atoms with Crippen molar-refractivity contribution in [2.75, 3.05) is 0 Å². The van der Waals surface area contributed by atoms with Gasteiger partial charge in [0.25, 0.3) is 0 Å². The predicted octanol–water partition coefficient (Wildman–Crippen LogP) is 2.17. The molecule has 2 aromatic rings. The monoisotopic (exact) mass is 244 g/mol. The topological polar surface area (TPSA) is 24.7 Å². The Hall–Kier alpha value is -0.964. The van der Waals surface area contributed by atoms with Crippen LogP contribution in [0.2, 0.25) is 0 Å². The molecule has 14 heavy (non-hydrogen) atoms. The second-order valence-electron chi connectivity index (χ2n) is 2.41. The molecule has 0 fully saturated rings. The Kier molecular flexibility index (Phi) is 8.03. The summed E-state index contributed by atoms with van der Waals surface area (Å²) in [6.07, 6.45) is 0. The predicted molar refractivity (Wildman–Crippen MR) is 58.5 cm³/mol. The second kappa shape index (κ2) is 8.63. The molecule has 80 valence electrons. The Labute approximate surface area is 97.8 Å². The second-order valence-corrected chi connectivity index (χ2v) is 2.81. The Bertz CT molecular complexity index is 297. The zero-order chi connectivity index (χ0) is 9.36. The van der Waals surface area contributed by atoms with E-state index in [1.165, 1.54) is 0 Å². The van der Waals surface area contributed by atoms with E-state index in [1.807, 2.05) is 54.6 Å².